The van der Waals surface area contributed by atoms with E-state index in [1.165, 1.54) is 0 Å². The van der Waals surface area contributed by atoms with Gasteiger partial charge in [0.05, 0.1) is 4.47 Å². The molecular formula is C11H15BrN4O. The SMILES string of the molecule is CC(C)(CCO)Nc1nc2c(Br)cccn2n1. The number of hydrogen-bond donors (Lipinski definition) is 2. The fraction of sp³-hybridized carbons (Fsp3) is 0.455. The van der Waals surface area contributed by atoms with Crippen LogP contribution in [0.1, 0.15) is 20.3 Å². The Kier molecular flexibility index (Phi) is 3.35. The molecule has 0 aliphatic heterocycles. The van der Waals surface area contributed by atoms with Crippen molar-refractivity contribution in [2.75, 3.05) is 11.9 Å². The van der Waals surface area contributed by atoms with E-state index < -0.39 is 0 Å². The number of nitrogens with zero attached hydrogens (tertiary/aromatic N) is 3. The van der Waals surface area contributed by atoms with Gasteiger partial charge < -0.3 is 10.4 Å². The van der Waals surface area contributed by atoms with Gasteiger partial charge in [0.15, 0.2) is 5.65 Å². The molecule has 0 radical (unpaired) electrons. The number of pyridine rings is 1. The van der Waals surface area contributed by atoms with E-state index in [9.17, 15) is 0 Å². The molecule has 0 fully saturated rings. The second-order valence-electron chi connectivity index (χ2n) is 4.54. The minimum Gasteiger partial charge on any atom is -0.396 e. The van der Waals surface area contributed by atoms with Gasteiger partial charge in [-0.05, 0) is 48.3 Å². The molecule has 17 heavy (non-hydrogen) atoms. The highest BCUT2D eigenvalue weighted by Crippen LogP contribution is 2.19. The van der Waals surface area contributed by atoms with Gasteiger partial charge in [-0.1, -0.05) is 0 Å². The molecule has 2 rings (SSSR count). The monoisotopic (exact) mass is 298 g/mol. The van der Waals surface area contributed by atoms with E-state index in [1.807, 2.05) is 32.2 Å². The first-order valence-corrected chi connectivity index (χ1v) is 6.21. The minimum absolute atomic E-state index is 0.136. The normalized spacial score (nSPS) is 12.0. The van der Waals surface area contributed by atoms with Crippen molar-refractivity contribution in [1.82, 2.24) is 14.6 Å². The topological polar surface area (TPSA) is 62.5 Å². The van der Waals surface area contributed by atoms with Gasteiger partial charge in [-0.2, -0.15) is 4.98 Å². The molecule has 6 heteroatoms. The van der Waals surface area contributed by atoms with Crippen LogP contribution in [0.4, 0.5) is 5.95 Å². The Hall–Kier alpha value is -1.14. The van der Waals surface area contributed by atoms with Crippen LogP contribution in [0.25, 0.3) is 5.65 Å². The predicted molar refractivity (Wildman–Crippen MR) is 70.1 cm³/mol. The van der Waals surface area contributed by atoms with Gasteiger partial charge in [-0.25, -0.2) is 4.52 Å². The average molecular weight is 299 g/mol. The maximum atomic E-state index is 8.97. The molecule has 0 aliphatic carbocycles. The second-order valence-corrected chi connectivity index (χ2v) is 5.40. The van der Waals surface area contributed by atoms with E-state index in [-0.39, 0.29) is 12.1 Å². The summed E-state index contributed by atoms with van der Waals surface area (Å²) >= 11 is 3.43. The highest BCUT2D eigenvalue weighted by atomic mass is 79.9. The summed E-state index contributed by atoms with van der Waals surface area (Å²) in [6, 6.07) is 3.82. The molecule has 0 aromatic carbocycles. The summed E-state index contributed by atoms with van der Waals surface area (Å²) in [5, 5.41) is 16.5. The zero-order valence-electron chi connectivity index (χ0n) is 9.81. The Labute approximate surface area is 108 Å². The summed E-state index contributed by atoms with van der Waals surface area (Å²) in [6.45, 7) is 4.14. The molecule has 0 bridgehead atoms. The highest BCUT2D eigenvalue weighted by Gasteiger charge is 2.19. The number of aliphatic hydroxyl groups is 1. The number of nitrogens with one attached hydrogen (secondary N) is 1. The number of aromatic nitrogens is 3. The number of hydrogen-bond acceptors (Lipinski definition) is 4. The smallest absolute Gasteiger partial charge is 0.243 e. The standard InChI is InChI=1S/C11H15BrN4O/c1-11(2,5-7-17)14-10-13-9-8(12)4-3-6-16(9)15-10/h3-4,6,17H,5,7H2,1-2H3,(H,14,15). The van der Waals surface area contributed by atoms with Gasteiger partial charge in [-0.15, -0.1) is 5.10 Å². The van der Waals surface area contributed by atoms with Crippen molar-refractivity contribution in [3.8, 4) is 0 Å². The van der Waals surface area contributed by atoms with Crippen LogP contribution in [-0.4, -0.2) is 31.9 Å². The molecule has 2 aromatic heterocycles. The van der Waals surface area contributed by atoms with Gasteiger partial charge in [0, 0.05) is 18.3 Å². The molecule has 0 amide bonds. The van der Waals surface area contributed by atoms with Gasteiger partial charge in [0.1, 0.15) is 0 Å². The number of halogens is 1. The van der Waals surface area contributed by atoms with Gasteiger partial charge in [0.25, 0.3) is 0 Å². The molecule has 0 saturated heterocycles. The van der Waals surface area contributed by atoms with Crippen molar-refractivity contribution in [1.29, 1.82) is 0 Å². The van der Waals surface area contributed by atoms with Crippen molar-refractivity contribution in [3.05, 3.63) is 22.8 Å². The molecular weight excluding hydrogens is 284 g/mol. The lowest BCUT2D eigenvalue weighted by Crippen LogP contribution is -2.32. The van der Waals surface area contributed by atoms with E-state index >= 15 is 0 Å². The lowest BCUT2D eigenvalue weighted by Gasteiger charge is -2.24. The Morgan fingerprint density at radius 3 is 2.94 bits per heavy atom. The van der Waals surface area contributed by atoms with E-state index in [2.05, 4.69) is 31.3 Å². The summed E-state index contributed by atoms with van der Waals surface area (Å²) in [4.78, 5) is 4.39. The summed E-state index contributed by atoms with van der Waals surface area (Å²) < 4.78 is 2.61. The van der Waals surface area contributed by atoms with Crippen LogP contribution >= 0.6 is 15.9 Å². The quantitative estimate of drug-likeness (QED) is 0.907. The van der Waals surface area contributed by atoms with Crippen LogP contribution in [0.5, 0.6) is 0 Å². The molecule has 0 atom stereocenters. The third kappa shape index (κ3) is 2.76. The second kappa shape index (κ2) is 4.62. The van der Waals surface area contributed by atoms with Crippen molar-refractivity contribution < 1.29 is 5.11 Å². The fourth-order valence-corrected chi connectivity index (χ4v) is 1.99. The Morgan fingerprint density at radius 2 is 2.29 bits per heavy atom. The van der Waals surface area contributed by atoms with Crippen molar-refractivity contribution in [3.63, 3.8) is 0 Å². The van der Waals surface area contributed by atoms with Crippen LogP contribution in [-0.2, 0) is 0 Å². The first-order valence-electron chi connectivity index (χ1n) is 5.42. The zero-order chi connectivity index (χ0) is 12.5. The molecule has 0 aliphatic rings. The lowest BCUT2D eigenvalue weighted by molar-refractivity contribution is 0.260. The molecule has 5 nitrogen and oxygen atoms in total. The molecule has 2 aromatic rings. The van der Waals surface area contributed by atoms with Crippen LogP contribution in [0.15, 0.2) is 22.8 Å². The molecule has 0 unspecified atom stereocenters. The maximum absolute atomic E-state index is 8.97. The van der Waals surface area contributed by atoms with Crippen molar-refractivity contribution in [2.45, 2.75) is 25.8 Å². The highest BCUT2D eigenvalue weighted by molar-refractivity contribution is 9.10. The maximum Gasteiger partial charge on any atom is 0.243 e. The molecule has 2 N–H and O–H groups in total. The first-order chi connectivity index (χ1) is 8.02. The van der Waals surface area contributed by atoms with Crippen molar-refractivity contribution >= 4 is 27.5 Å². The van der Waals surface area contributed by atoms with Crippen LogP contribution in [0, 0.1) is 0 Å². The largest absolute Gasteiger partial charge is 0.396 e. The Morgan fingerprint density at radius 1 is 1.53 bits per heavy atom. The Bertz CT molecular complexity index is 523. The summed E-state index contributed by atoms with van der Waals surface area (Å²) in [5.41, 5.74) is 0.543. The minimum atomic E-state index is -0.230. The first kappa shape index (κ1) is 12.3. The number of anilines is 1. The Balaban J connectivity index is 2.28. The molecule has 2 heterocycles. The van der Waals surface area contributed by atoms with Crippen molar-refractivity contribution in [2.24, 2.45) is 0 Å². The number of rotatable bonds is 4. The molecule has 0 spiro atoms. The van der Waals surface area contributed by atoms with Gasteiger partial charge >= 0.3 is 0 Å². The van der Waals surface area contributed by atoms with E-state index in [4.69, 9.17) is 5.11 Å². The van der Waals surface area contributed by atoms with Gasteiger partial charge in [0.2, 0.25) is 5.95 Å². The average Bonchev–Trinajstić information content (AvgIpc) is 2.60. The predicted octanol–water partition coefficient (Wildman–Crippen LogP) is 2.06. The van der Waals surface area contributed by atoms with Crippen LogP contribution in [0.2, 0.25) is 0 Å². The van der Waals surface area contributed by atoms with Crippen LogP contribution in [0.3, 0.4) is 0 Å². The van der Waals surface area contributed by atoms with E-state index in [0.717, 1.165) is 10.1 Å². The summed E-state index contributed by atoms with van der Waals surface area (Å²) in [7, 11) is 0. The van der Waals surface area contributed by atoms with Crippen LogP contribution < -0.4 is 5.32 Å². The third-order valence-electron chi connectivity index (χ3n) is 2.50. The van der Waals surface area contributed by atoms with E-state index in [0.29, 0.717) is 12.4 Å². The third-order valence-corrected chi connectivity index (χ3v) is 3.12. The zero-order valence-corrected chi connectivity index (χ0v) is 11.4. The summed E-state index contributed by atoms with van der Waals surface area (Å²) in [5.74, 6) is 0.565. The van der Waals surface area contributed by atoms with E-state index in [1.54, 1.807) is 4.52 Å². The number of fused-ring (bicyclic) bond motifs is 1. The van der Waals surface area contributed by atoms with Gasteiger partial charge in [-0.3, -0.25) is 0 Å². The molecule has 92 valence electrons. The summed E-state index contributed by atoms with van der Waals surface area (Å²) in [6.07, 6.45) is 2.49. The lowest BCUT2D eigenvalue weighted by atomic mass is 10.0. The molecule has 0 saturated carbocycles. The number of aliphatic hydroxyl groups excluding tert-OH is 1. The fourth-order valence-electron chi connectivity index (χ4n) is 1.57.